The molecule has 13 heavy (non-hydrogen) atoms. The van der Waals surface area contributed by atoms with Gasteiger partial charge in [-0.3, -0.25) is 4.79 Å². The quantitative estimate of drug-likeness (QED) is 0.801. The molecular weight excluding hydrogens is 255 g/mol. The van der Waals surface area contributed by atoms with Gasteiger partial charge in [-0.15, -0.1) is 0 Å². The molecule has 0 aliphatic heterocycles. The van der Waals surface area contributed by atoms with E-state index in [4.69, 9.17) is 11.6 Å². The number of hydrogen-bond donors (Lipinski definition) is 1. The third kappa shape index (κ3) is 1.47. The molecule has 0 amide bonds. The summed E-state index contributed by atoms with van der Waals surface area (Å²) < 4.78 is 0.777. The van der Waals surface area contributed by atoms with Crippen molar-refractivity contribution in [3.05, 3.63) is 27.5 Å². The Morgan fingerprint density at radius 1 is 1.54 bits per heavy atom. The smallest absolute Gasteiger partial charge is 0.185 e. The number of halogens is 2. The van der Waals surface area contributed by atoms with Crippen molar-refractivity contribution in [2.45, 2.75) is 0 Å². The Bertz CT molecular complexity index is 480. The largest absolute Gasteiger partial charge is 0.336 e. The zero-order valence-electron chi connectivity index (χ0n) is 6.34. The van der Waals surface area contributed by atoms with Crippen molar-refractivity contribution in [2.24, 2.45) is 0 Å². The number of fused-ring (bicyclic) bond motifs is 1. The molecule has 3 nitrogen and oxygen atoms in total. The highest BCUT2D eigenvalue weighted by Crippen LogP contribution is 2.26. The standard InChI is InChI=1S/C8H4BrClN2O/c9-5-1-4(10)2-6-8(5)12-7(3-13)11-6/h1-3H,(H,11,12). The molecule has 1 heterocycles. The van der Waals surface area contributed by atoms with Crippen molar-refractivity contribution in [3.8, 4) is 0 Å². The molecule has 0 aliphatic carbocycles. The molecule has 5 heteroatoms. The second-order valence-electron chi connectivity index (χ2n) is 2.52. The van der Waals surface area contributed by atoms with Crippen LogP contribution in [0, 0.1) is 0 Å². The zero-order chi connectivity index (χ0) is 9.42. The first-order valence-electron chi connectivity index (χ1n) is 3.50. The molecule has 66 valence electrons. The Morgan fingerprint density at radius 3 is 3.00 bits per heavy atom. The summed E-state index contributed by atoms with van der Waals surface area (Å²) in [5, 5.41) is 0.598. The van der Waals surface area contributed by atoms with Crippen molar-refractivity contribution in [3.63, 3.8) is 0 Å². The lowest BCUT2D eigenvalue weighted by Crippen LogP contribution is -1.79. The number of carbonyl (C=O) groups excluding carboxylic acids is 1. The second kappa shape index (κ2) is 3.12. The third-order valence-corrected chi connectivity index (χ3v) is 2.46. The second-order valence-corrected chi connectivity index (χ2v) is 3.81. The Morgan fingerprint density at radius 2 is 2.31 bits per heavy atom. The maximum atomic E-state index is 10.4. The van der Waals surface area contributed by atoms with E-state index in [1.807, 2.05) is 0 Å². The van der Waals surface area contributed by atoms with E-state index in [2.05, 4.69) is 25.9 Å². The number of carbonyl (C=O) groups is 1. The lowest BCUT2D eigenvalue weighted by molar-refractivity contribution is 0.111. The van der Waals surface area contributed by atoms with Crippen LogP contribution in [-0.2, 0) is 0 Å². The minimum absolute atomic E-state index is 0.304. The van der Waals surface area contributed by atoms with E-state index in [1.54, 1.807) is 12.1 Å². The molecule has 0 fully saturated rings. The molecule has 2 aromatic rings. The van der Waals surface area contributed by atoms with Gasteiger partial charge in [-0.1, -0.05) is 11.6 Å². The molecule has 0 saturated carbocycles. The number of aromatic nitrogens is 2. The number of aldehydes is 1. The van der Waals surface area contributed by atoms with E-state index in [9.17, 15) is 4.79 Å². The van der Waals surface area contributed by atoms with Gasteiger partial charge in [0.05, 0.1) is 5.52 Å². The van der Waals surface area contributed by atoms with Gasteiger partial charge < -0.3 is 4.98 Å². The predicted octanol–water partition coefficient (Wildman–Crippen LogP) is 2.79. The van der Waals surface area contributed by atoms with Crippen LogP contribution in [-0.4, -0.2) is 16.3 Å². The summed E-state index contributed by atoms with van der Waals surface area (Å²) in [5.41, 5.74) is 1.47. The molecule has 0 atom stereocenters. The molecule has 0 unspecified atom stereocenters. The van der Waals surface area contributed by atoms with E-state index in [0.717, 1.165) is 9.99 Å². The van der Waals surface area contributed by atoms with Gasteiger partial charge in [-0.2, -0.15) is 0 Å². The molecule has 0 saturated heterocycles. The Balaban J connectivity index is 2.82. The number of hydrogen-bond acceptors (Lipinski definition) is 2. The van der Waals surface area contributed by atoms with E-state index in [1.165, 1.54) is 0 Å². The first-order chi connectivity index (χ1) is 6.20. The van der Waals surface area contributed by atoms with E-state index < -0.39 is 0 Å². The van der Waals surface area contributed by atoms with E-state index >= 15 is 0 Å². The summed E-state index contributed by atoms with van der Waals surface area (Å²) in [6, 6.07) is 3.46. The fourth-order valence-corrected chi connectivity index (χ4v) is 2.02. The number of rotatable bonds is 1. The summed E-state index contributed by atoms with van der Waals surface area (Å²) in [4.78, 5) is 17.3. The summed E-state index contributed by atoms with van der Waals surface area (Å²) in [6.45, 7) is 0. The molecule has 0 radical (unpaired) electrons. The topological polar surface area (TPSA) is 45.8 Å². The number of aromatic amines is 1. The fourth-order valence-electron chi connectivity index (χ4n) is 1.12. The lowest BCUT2D eigenvalue weighted by atomic mass is 10.3. The Kier molecular flexibility index (Phi) is 2.09. The van der Waals surface area contributed by atoms with Crippen LogP contribution in [0.3, 0.4) is 0 Å². The normalized spacial score (nSPS) is 10.6. The fraction of sp³-hybridized carbons (Fsp3) is 0. The predicted molar refractivity (Wildman–Crippen MR) is 54.2 cm³/mol. The number of H-pyrrole nitrogens is 1. The van der Waals surface area contributed by atoms with Crippen LogP contribution >= 0.6 is 27.5 Å². The Hall–Kier alpha value is -0.870. The van der Waals surface area contributed by atoms with Gasteiger partial charge in [0.2, 0.25) is 0 Å². The highest BCUT2D eigenvalue weighted by atomic mass is 79.9. The summed E-state index contributed by atoms with van der Waals surface area (Å²) in [6.07, 6.45) is 0.667. The van der Waals surface area contributed by atoms with Crippen LogP contribution in [0.2, 0.25) is 5.02 Å². The highest BCUT2D eigenvalue weighted by Gasteiger charge is 2.06. The van der Waals surface area contributed by atoms with Crippen LogP contribution in [0.1, 0.15) is 10.6 Å². The summed E-state index contributed by atoms with van der Waals surface area (Å²) >= 11 is 9.12. The van der Waals surface area contributed by atoms with E-state index in [-0.39, 0.29) is 0 Å². The number of benzene rings is 1. The highest BCUT2D eigenvalue weighted by molar-refractivity contribution is 9.10. The molecule has 1 aromatic carbocycles. The summed E-state index contributed by atoms with van der Waals surface area (Å²) in [7, 11) is 0. The minimum atomic E-state index is 0.304. The van der Waals surface area contributed by atoms with Crippen molar-refractivity contribution in [1.29, 1.82) is 0 Å². The minimum Gasteiger partial charge on any atom is -0.336 e. The zero-order valence-corrected chi connectivity index (χ0v) is 8.69. The SMILES string of the molecule is O=Cc1nc2c(Br)cc(Cl)cc2[nH]1. The van der Waals surface area contributed by atoms with Crippen LogP contribution < -0.4 is 0 Å². The number of nitrogens with one attached hydrogen (secondary N) is 1. The summed E-state index contributed by atoms with van der Waals surface area (Å²) in [5.74, 6) is 0.304. The van der Waals surface area contributed by atoms with Gasteiger partial charge in [-0.05, 0) is 28.1 Å². The van der Waals surface area contributed by atoms with Crippen molar-refractivity contribution < 1.29 is 4.79 Å². The average molecular weight is 259 g/mol. The monoisotopic (exact) mass is 258 g/mol. The average Bonchev–Trinajstić information content (AvgIpc) is 2.47. The molecule has 0 spiro atoms. The molecule has 0 aliphatic rings. The van der Waals surface area contributed by atoms with Crippen molar-refractivity contribution >= 4 is 44.9 Å². The number of nitrogens with zero attached hydrogens (tertiary/aromatic N) is 1. The third-order valence-electron chi connectivity index (χ3n) is 1.63. The van der Waals surface area contributed by atoms with E-state index in [0.29, 0.717) is 22.6 Å². The molecule has 0 bridgehead atoms. The Labute approximate surface area is 87.2 Å². The maximum Gasteiger partial charge on any atom is 0.185 e. The first kappa shape index (κ1) is 8.72. The van der Waals surface area contributed by atoms with Gasteiger partial charge in [0.1, 0.15) is 5.52 Å². The van der Waals surface area contributed by atoms with Crippen LogP contribution in [0.4, 0.5) is 0 Å². The maximum absolute atomic E-state index is 10.4. The van der Waals surface area contributed by atoms with Crippen molar-refractivity contribution in [2.75, 3.05) is 0 Å². The van der Waals surface area contributed by atoms with Crippen LogP contribution in [0.5, 0.6) is 0 Å². The van der Waals surface area contributed by atoms with Gasteiger partial charge in [0.25, 0.3) is 0 Å². The van der Waals surface area contributed by atoms with Crippen LogP contribution in [0.15, 0.2) is 16.6 Å². The van der Waals surface area contributed by atoms with Gasteiger partial charge in [-0.25, -0.2) is 4.98 Å². The molecule has 1 aromatic heterocycles. The molecule has 1 N–H and O–H groups in total. The van der Waals surface area contributed by atoms with Crippen molar-refractivity contribution in [1.82, 2.24) is 9.97 Å². The van der Waals surface area contributed by atoms with Crippen LogP contribution in [0.25, 0.3) is 11.0 Å². The lowest BCUT2D eigenvalue weighted by Gasteiger charge is -1.92. The van der Waals surface area contributed by atoms with Gasteiger partial charge in [0, 0.05) is 9.50 Å². The number of imidazole rings is 1. The first-order valence-corrected chi connectivity index (χ1v) is 4.68. The molecular formula is C8H4BrClN2O. The molecule has 2 rings (SSSR count). The van der Waals surface area contributed by atoms with Gasteiger partial charge in [0.15, 0.2) is 12.1 Å². The van der Waals surface area contributed by atoms with Gasteiger partial charge >= 0.3 is 0 Å².